The molecule has 2 amide bonds. The van der Waals surface area contributed by atoms with Crippen LogP contribution in [-0.4, -0.2) is 54.3 Å². The van der Waals surface area contributed by atoms with E-state index in [4.69, 9.17) is 5.73 Å². The second-order valence-electron chi connectivity index (χ2n) is 4.50. The lowest BCUT2D eigenvalue weighted by atomic mass is 10.1. The molecule has 2 N–H and O–H groups in total. The van der Waals surface area contributed by atoms with Gasteiger partial charge in [-0.15, -0.1) is 0 Å². The summed E-state index contributed by atoms with van der Waals surface area (Å²) in [6, 6.07) is 2.77. The van der Waals surface area contributed by atoms with Crippen LogP contribution in [0.2, 0.25) is 0 Å². The van der Waals surface area contributed by atoms with E-state index in [1.807, 2.05) is 0 Å². The van der Waals surface area contributed by atoms with Gasteiger partial charge in [-0.05, 0) is 18.2 Å². The maximum Gasteiger partial charge on any atom is 0.257 e. The lowest BCUT2D eigenvalue weighted by Gasteiger charge is -2.34. The summed E-state index contributed by atoms with van der Waals surface area (Å²) in [6.45, 7) is 1.17. The number of hydrogen-bond acceptors (Lipinski definition) is 3. The van der Waals surface area contributed by atoms with E-state index in [-0.39, 0.29) is 31.1 Å². The number of piperazine rings is 1. The van der Waals surface area contributed by atoms with E-state index in [1.165, 1.54) is 4.90 Å². The third-order valence-electron chi connectivity index (χ3n) is 3.25. The number of nitrogens with two attached hydrogens (primary N) is 1. The van der Waals surface area contributed by atoms with Crippen molar-refractivity contribution in [1.82, 2.24) is 9.80 Å². The highest BCUT2D eigenvalue weighted by molar-refractivity contribution is 5.94. The van der Waals surface area contributed by atoms with E-state index in [0.29, 0.717) is 13.1 Å². The van der Waals surface area contributed by atoms with Crippen LogP contribution in [-0.2, 0) is 4.79 Å². The van der Waals surface area contributed by atoms with Crippen LogP contribution in [0.15, 0.2) is 18.2 Å². The molecule has 1 aliphatic heterocycles. The molecule has 108 valence electrons. The summed E-state index contributed by atoms with van der Waals surface area (Å²) < 4.78 is 26.6. The summed E-state index contributed by atoms with van der Waals surface area (Å²) in [4.78, 5) is 26.5. The summed E-state index contributed by atoms with van der Waals surface area (Å²) in [5.74, 6) is -2.17. The first-order chi connectivity index (χ1) is 9.52. The van der Waals surface area contributed by atoms with Gasteiger partial charge in [0, 0.05) is 26.2 Å². The fourth-order valence-electron chi connectivity index (χ4n) is 2.12. The van der Waals surface area contributed by atoms with Crippen molar-refractivity contribution in [3.05, 3.63) is 35.4 Å². The van der Waals surface area contributed by atoms with Gasteiger partial charge in [-0.3, -0.25) is 9.59 Å². The van der Waals surface area contributed by atoms with Gasteiger partial charge in [-0.25, -0.2) is 8.78 Å². The predicted octanol–water partition coefficient (Wildman–Crippen LogP) is 0.208. The van der Waals surface area contributed by atoms with Crippen molar-refractivity contribution in [3.8, 4) is 0 Å². The van der Waals surface area contributed by atoms with Crippen LogP contribution in [0.4, 0.5) is 8.78 Å². The zero-order valence-corrected chi connectivity index (χ0v) is 10.8. The number of halogens is 2. The van der Waals surface area contributed by atoms with Crippen molar-refractivity contribution >= 4 is 11.8 Å². The largest absolute Gasteiger partial charge is 0.338 e. The van der Waals surface area contributed by atoms with E-state index in [1.54, 1.807) is 4.90 Å². The fraction of sp³-hybridized carbons (Fsp3) is 0.385. The molecule has 0 radical (unpaired) electrons. The smallest absolute Gasteiger partial charge is 0.257 e. The van der Waals surface area contributed by atoms with E-state index >= 15 is 0 Å². The third-order valence-corrected chi connectivity index (χ3v) is 3.25. The normalized spacial score (nSPS) is 15.3. The monoisotopic (exact) mass is 283 g/mol. The SMILES string of the molecule is NCC(=O)N1CCN(C(=O)c2cc(F)ccc2F)CC1. The lowest BCUT2D eigenvalue weighted by Crippen LogP contribution is -2.52. The molecule has 0 unspecified atom stereocenters. The third kappa shape index (κ3) is 2.93. The van der Waals surface area contributed by atoms with Crippen molar-refractivity contribution in [2.24, 2.45) is 5.73 Å². The molecule has 0 aliphatic carbocycles. The van der Waals surface area contributed by atoms with Gasteiger partial charge in [-0.1, -0.05) is 0 Å². The maximum atomic E-state index is 13.5. The van der Waals surface area contributed by atoms with Crippen molar-refractivity contribution < 1.29 is 18.4 Å². The van der Waals surface area contributed by atoms with Crippen LogP contribution in [0.1, 0.15) is 10.4 Å². The Morgan fingerprint density at radius 3 is 2.30 bits per heavy atom. The maximum absolute atomic E-state index is 13.5. The van der Waals surface area contributed by atoms with Crippen molar-refractivity contribution in [3.63, 3.8) is 0 Å². The summed E-state index contributed by atoms with van der Waals surface area (Å²) in [5.41, 5.74) is 4.97. The first-order valence-electron chi connectivity index (χ1n) is 6.25. The summed E-state index contributed by atoms with van der Waals surface area (Å²) in [7, 11) is 0. The van der Waals surface area contributed by atoms with E-state index in [2.05, 4.69) is 0 Å². The first-order valence-corrected chi connectivity index (χ1v) is 6.25. The van der Waals surface area contributed by atoms with Gasteiger partial charge in [0.2, 0.25) is 5.91 Å². The Bertz CT molecular complexity index is 528. The number of carbonyl (C=O) groups excluding carboxylic acids is 2. The number of hydrogen-bond donors (Lipinski definition) is 1. The minimum absolute atomic E-state index is 0.0769. The van der Waals surface area contributed by atoms with Crippen LogP contribution < -0.4 is 5.73 Å². The lowest BCUT2D eigenvalue weighted by molar-refractivity contribution is -0.131. The van der Waals surface area contributed by atoms with Gasteiger partial charge in [0.05, 0.1) is 12.1 Å². The molecule has 0 spiro atoms. The molecule has 5 nitrogen and oxygen atoms in total. The average Bonchev–Trinajstić information content (AvgIpc) is 2.48. The number of nitrogens with zero attached hydrogens (tertiary/aromatic N) is 2. The quantitative estimate of drug-likeness (QED) is 0.843. The van der Waals surface area contributed by atoms with E-state index in [9.17, 15) is 18.4 Å². The van der Waals surface area contributed by atoms with Crippen LogP contribution in [0.5, 0.6) is 0 Å². The van der Waals surface area contributed by atoms with Gasteiger partial charge in [0.1, 0.15) is 11.6 Å². The summed E-state index contributed by atoms with van der Waals surface area (Å²) >= 11 is 0. The van der Waals surface area contributed by atoms with Crippen molar-refractivity contribution in [2.45, 2.75) is 0 Å². The zero-order chi connectivity index (χ0) is 14.7. The molecule has 2 rings (SSSR count). The van der Waals surface area contributed by atoms with Gasteiger partial charge in [0.25, 0.3) is 5.91 Å². The standard InChI is InChI=1S/C13H15F2N3O2/c14-9-1-2-11(15)10(7-9)13(20)18-5-3-17(4-6-18)12(19)8-16/h1-2,7H,3-6,8,16H2. The van der Waals surface area contributed by atoms with Crippen LogP contribution in [0.25, 0.3) is 0 Å². The molecule has 1 aromatic carbocycles. The zero-order valence-electron chi connectivity index (χ0n) is 10.8. The average molecular weight is 283 g/mol. The molecule has 7 heteroatoms. The summed E-state index contributed by atoms with van der Waals surface area (Å²) in [6.07, 6.45) is 0. The molecule has 0 atom stereocenters. The molecule has 1 heterocycles. The number of rotatable bonds is 2. The van der Waals surface area contributed by atoms with E-state index < -0.39 is 17.5 Å². The minimum Gasteiger partial charge on any atom is -0.338 e. The molecule has 1 saturated heterocycles. The Hall–Kier alpha value is -2.02. The Labute approximate surface area is 114 Å². The second kappa shape index (κ2) is 5.96. The van der Waals surface area contributed by atoms with Crippen molar-refractivity contribution in [1.29, 1.82) is 0 Å². The molecule has 20 heavy (non-hydrogen) atoms. The predicted molar refractivity (Wildman–Crippen MR) is 67.9 cm³/mol. The molecular formula is C13H15F2N3O2. The minimum atomic E-state index is -0.753. The molecule has 0 saturated carbocycles. The Morgan fingerprint density at radius 2 is 1.70 bits per heavy atom. The number of benzene rings is 1. The van der Waals surface area contributed by atoms with Gasteiger partial charge in [0.15, 0.2) is 0 Å². The van der Waals surface area contributed by atoms with Crippen LogP contribution in [0.3, 0.4) is 0 Å². The summed E-state index contributed by atoms with van der Waals surface area (Å²) in [5, 5.41) is 0. The van der Waals surface area contributed by atoms with Gasteiger partial charge in [-0.2, -0.15) is 0 Å². The highest BCUT2D eigenvalue weighted by Crippen LogP contribution is 2.14. The van der Waals surface area contributed by atoms with Gasteiger partial charge >= 0.3 is 0 Å². The number of carbonyl (C=O) groups is 2. The first kappa shape index (κ1) is 14.4. The highest BCUT2D eigenvalue weighted by atomic mass is 19.1. The van der Waals surface area contributed by atoms with E-state index in [0.717, 1.165) is 18.2 Å². The molecular weight excluding hydrogens is 268 g/mol. The molecule has 0 bridgehead atoms. The van der Waals surface area contributed by atoms with Crippen molar-refractivity contribution in [2.75, 3.05) is 32.7 Å². The van der Waals surface area contributed by atoms with Crippen LogP contribution in [0, 0.1) is 11.6 Å². The second-order valence-corrected chi connectivity index (χ2v) is 4.50. The van der Waals surface area contributed by atoms with Crippen LogP contribution >= 0.6 is 0 Å². The Morgan fingerprint density at radius 1 is 1.10 bits per heavy atom. The number of amides is 2. The molecule has 1 aromatic rings. The topological polar surface area (TPSA) is 66.6 Å². The Kier molecular flexibility index (Phi) is 4.29. The fourth-order valence-corrected chi connectivity index (χ4v) is 2.12. The Balaban J connectivity index is 2.05. The molecule has 1 fully saturated rings. The molecule has 0 aromatic heterocycles. The molecule has 1 aliphatic rings. The van der Waals surface area contributed by atoms with Gasteiger partial charge < -0.3 is 15.5 Å². The highest BCUT2D eigenvalue weighted by Gasteiger charge is 2.25.